The van der Waals surface area contributed by atoms with Gasteiger partial charge >= 0.3 is 12.3 Å². The number of ketones is 1. The molecule has 0 unspecified atom stereocenters. The minimum atomic E-state index is -4.57. The fraction of sp³-hybridized carbons (Fsp3) is 0.250. The Kier molecular flexibility index (Phi) is 5.20. The first-order valence-electron chi connectivity index (χ1n) is 6.85. The number of nitrogens with one attached hydrogen (secondary N) is 1. The number of hydrogen-bond acceptors (Lipinski definition) is 3. The molecular weight excluding hydrogens is 311 g/mol. The summed E-state index contributed by atoms with van der Waals surface area (Å²) in [6, 6.07) is 12.7. The number of Topliss-reactive ketones (excluding diaryl/α,β-unsaturated/α-hetero) is 1. The molecule has 7 heteroatoms. The first kappa shape index (κ1) is 16.8. The van der Waals surface area contributed by atoms with Crippen molar-refractivity contribution in [2.24, 2.45) is 0 Å². The average molecular weight is 325 g/mol. The minimum absolute atomic E-state index is 0.0326. The Hall–Kier alpha value is -2.57. The molecule has 0 atom stereocenters. The molecule has 2 rings (SSSR count). The second-order valence-corrected chi connectivity index (χ2v) is 4.82. The Balaban J connectivity index is 1.89. The molecule has 0 fully saturated rings. The smallest absolute Gasteiger partial charge is 0.422 e. The number of halogens is 3. The summed E-state index contributed by atoms with van der Waals surface area (Å²) in [5.41, 5.74) is 0.508. The first-order chi connectivity index (χ1) is 10.9. The number of carbonyl (C=O) groups is 2. The van der Waals surface area contributed by atoms with Crippen molar-refractivity contribution in [3.05, 3.63) is 48.0 Å². The molecule has 0 radical (unpaired) electrons. The molecule has 0 spiro atoms. The van der Waals surface area contributed by atoms with Crippen LogP contribution >= 0.6 is 0 Å². The van der Waals surface area contributed by atoms with Gasteiger partial charge < -0.3 is 10.1 Å². The number of alkyl halides is 3. The van der Waals surface area contributed by atoms with Crippen LogP contribution in [0.4, 0.5) is 18.0 Å². The molecule has 2 aromatic carbocycles. The van der Waals surface area contributed by atoms with Crippen molar-refractivity contribution >= 4 is 22.6 Å². The van der Waals surface area contributed by atoms with Crippen LogP contribution in [0.15, 0.2) is 42.5 Å². The lowest BCUT2D eigenvalue weighted by atomic mass is 10.00. The van der Waals surface area contributed by atoms with E-state index in [4.69, 9.17) is 0 Å². The van der Waals surface area contributed by atoms with Crippen LogP contribution in [0.25, 0.3) is 10.8 Å². The van der Waals surface area contributed by atoms with E-state index in [0.29, 0.717) is 5.56 Å². The Labute approximate surface area is 130 Å². The van der Waals surface area contributed by atoms with Crippen LogP contribution < -0.4 is 5.32 Å². The third kappa shape index (κ3) is 4.98. The van der Waals surface area contributed by atoms with Gasteiger partial charge in [0.25, 0.3) is 0 Å². The highest BCUT2D eigenvalue weighted by atomic mass is 19.4. The summed E-state index contributed by atoms with van der Waals surface area (Å²) in [5, 5.41) is 3.83. The number of ether oxygens (including phenoxy) is 1. The molecule has 122 valence electrons. The molecule has 2 aromatic rings. The zero-order valence-corrected chi connectivity index (χ0v) is 12.0. The lowest BCUT2D eigenvalue weighted by Crippen LogP contribution is -2.30. The molecule has 0 heterocycles. The number of amides is 1. The van der Waals surface area contributed by atoms with Gasteiger partial charge in [0.1, 0.15) is 0 Å². The maximum absolute atomic E-state index is 12.2. The second kappa shape index (κ2) is 7.13. The maximum Gasteiger partial charge on any atom is 0.422 e. The molecule has 0 aliphatic carbocycles. The molecule has 4 nitrogen and oxygen atoms in total. The van der Waals surface area contributed by atoms with Crippen LogP contribution in [-0.4, -0.2) is 31.2 Å². The SMILES string of the molecule is O=C(NCCC(=O)c1cccc2ccccc12)OCC(F)(F)F. The monoisotopic (exact) mass is 325 g/mol. The second-order valence-electron chi connectivity index (χ2n) is 4.82. The summed E-state index contributed by atoms with van der Waals surface area (Å²) in [4.78, 5) is 23.3. The van der Waals surface area contributed by atoms with Gasteiger partial charge in [-0.05, 0) is 10.8 Å². The lowest BCUT2D eigenvalue weighted by Gasteiger charge is -2.09. The summed E-state index contributed by atoms with van der Waals surface area (Å²) in [6.45, 7) is -1.76. The topological polar surface area (TPSA) is 55.4 Å². The van der Waals surface area contributed by atoms with Crippen molar-refractivity contribution in [1.82, 2.24) is 5.32 Å². The molecular formula is C16H14F3NO3. The van der Waals surface area contributed by atoms with Crippen molar-refractivity contribution in [2.75, 3.05) is 13.2 Å². The quantitative estimate of drug-likeness (QED) is 0.853. The average Bonchev–Trinajstić information content (AvgIpc) is 2.51. The molecule has 1 amide bonds. The highest BCUT2D eigenvalue weighted by Crippen LogP contribution is 2.19. The van der Waals surface area contributed by atoms with E-state index in [0.717, 1.165) is 10.8 Å². The van der Waals surface area contributed by atoms with E-state index in [1.54, 1.807) is 12.1 Å². The Morgan fingerprint density at radius 1 is 1.04 bits per heavy atom. The third-order valence-electron chi connectivity index (χ3n) is 3.08. The number of benzene rings is 2. The van der Waals surface area contributed by atoms with Crippen molar-refractivity contribution in [3.8, 4) is 0 Å². The number of carbonyl (C=O) groups excluding carboxylic acids is 2. The number of alkyl carbamates (subject to hydrolysis) is 1. The van der Waals surface area contributed by atoms with Gasteiger partial charge in [0, 0.05) is 18.5 Å². The first-order valence-corrected chi connectivity index (χ1v) is 6.85. The van der Waals surface area contributed by atoms with E-state index < -0.39 is 18.9 Å². The number of hydrogen-bond donors (Lipinski definition) is 1. The van der Waals surface area contributed by atoms with Crippen molar-refractivity contribution in [3.63, 3.8) is 0 Å². The van der Waals surface area contributed by atoms with Gasteiger partial charge in [0.15, 0.2) is 12.4 Å². The van der Waals surface area contributed by atoms with Gasteiger partial charge in [-0.1, -0.05) is 42.5 Å². The Morgan fingerprint density at radius 3 is 2.48 bits per heavy atom. The van der Waals surface area contributed by atoms with Crippen LogP contribution in [0.2, 0.25) is 0 Å². The molecule has 23 heavy (non-hydrogen) atoms. The van der Waals surface area contributed by atoms with Gasteiger partial charge in [-0.15, -0.1) is 0 Å². The lowest BCUT2D eigenvalue weighted by molar-refractivity contribution is -0.160. The summed E-state index contributed by atoms with van der Waals surface area (Å²) in [7, 11) is 0. The molecule has 0 saturated heterocycles. The van der Waals surface area contributed by atoms with Crippen LogP contribution in [0, 0.1) is 0 Å². The van der Waals surface area contributed by atoms with E-state index in [2.05, 4.69) is 10.1 Å². The van der Waals surface area contributed by atoms with Gasteiger partial charge in [-0.3, -0.25) is 4.79 Å². The fourth-order valence-electron chi connectivity index (χ4n) is 2.08. The van der Waals surface area contributed by atoms with Crippen LogP contribution in [0.3, 0.4) is 0 Å². The van der Waals surface area contributed by atoms with Crippen LogP contribution in [-0.2, 0) is 4.74 Å². The maximum atomic E-state index is 12.2. The standard InChI is InChI=1S/C16H14F3NO3/c17-16(18,19)10-23-15(22)20-9-8-14(21)13-7-3-5-11-4-1-2-6-12(11)13/h1-7H,8-10H2,(H,20,22). The van der Waals surface area contributed by atoms with Crippen molar-refractivity contribution in [2.45, 2.75) is 12.6 Å². The van der Waals surface area contributed by atoms with Gasteiger partial charge in [-0.2, -0.15) is 13.2 Å². The number of fused-ring (bicyclic) bond motifs is 1. The highest BCUT2D eigenvalue weighted by molar-refractivity contribution is 6.08. The van der Waals surface area contributed by atoms with Crippen molar-refractivity contribution in [1.29, 1.82) is 0 Å². The van der Waals surface area contributed by atoms with Crippen molar-refractivity contribution < 1.29 is 27.5 Å². The molecule has 0 aliphatic heterocycles. The molecule has 0 aliphatic rings. The third-order valence-corrected chi connectivity index (χ3v) is 3.08. The summed E-state index contributed by atoms with van der Waals surface area (Å²) >= 11 is 0. The van der Waals surface area contributed by atoms with E-state index in [1.807, 2.05) is 30.3 Å². The number of rotatable bonds is 5. The van der Waals surface area contributed by atoms with Gasteiger partial charge in [0.2, 0.25) is 0 Å². The van der Waals surface area contributed by atoms with E-state index in [9.17, 15) is 22.8 Å². The van der Waals surface area contributed by atoms with Crippen LogP contribution in [0.5, 0.6) is 0 Å². The highest BCUT2D eigenvalue weighted by Gasteiger charge is 2.29. The summed E-state index contributed by atoms with van der Waals surface area (Å²) < 4.78 is 39.6. The van der Waals surface area contributed by atoms with Crippen LogP contribution in [0.1, 0.15) is 16.8 Å². The molecule has 0 bridgehead atoms. The Bertz CT molecular complexity index is 708. The van der Waals surface area contributed by atoms with E-state index in [-0.39, 0.29) is 18.7 Å². The predicted molar refractivity (Wildman–Crippen MR) is 78.3 cm³/mol. The van der Waals surface area contributed by atoms with Gasteiger partial charge in [-0.25, -0.2) is 4.79 Å². The minimum Gasteiger partial charge on any atom is -0.440 e. The van der Waals surface area contributed by atoms with Gasteiger partial charge in [0.05, 0.1) is 0 Å². The summed E-state index contributed by atoms with van der Waals surface area (Å²) in [5.74, 6) is -0.210. The predicted octanol–water partition coefficient (Wildman–Crippen LogP) is 3.70. The molecule has 0 aromatic heterocycles. The normalized spacial score (nSPS) is 11.3. The fourth-order valence-corrected chi connectivity index (χ4v) is 2.08. The Morgan fingerprint density at radius 2 is 1.74 bits per heavy atom. The summed E-state index contributed by atoms with van der Waals surface area (Å²) in [6.07, 6.45) is -5.81. The molecule has 0 saturated carbocycles. The zero-order chi connectivity index (χ0) is 16.9. The zero-order valence-electron chi connectivity index (χ0n) is 12.0. The van der Waals surface area contributed by atoms with E-state index in [1.165, 1.54) is 0 Å². The van der Waals surface area contributed by atoms with E-state index >= 15 is 0 Å². The molecule has 1 N–H and O–H groups in total. The largest absolute Gasteiger partial charge is 0.440 e.